The largest absolute Gasteiger partial charge is 0.438 e. The highest BCUT2D eigenvalue weighted by Gasteiger charge is 2.31. The van der Waals surface area contributed by atoms with E-state index in [9.17, 15) is 17.6 Å². The minimum Gasteiger partial charge on any atom is -0.438 e. The Morgan fingerprint density at radius 2 is 1.88 bits per heavy atom. The summed E-state index contributed by atoms with van der Waals surface area (Å²) in [5.41, 5.74) is 5.92. The van der Waals surface area contributed by atoms with E-state index in [0.717, 1.165) is 5.56 Å². The molecule has 0 saturated carbocycles. The van der Waals surface area contributed by atoms with Crippen LogP contribution >= 0.6 is 0 Å². The Morgan fingerprint density at radius 3 is 2.48 bits per heavy atom. The van der Waals surface area contributed by atoms with E-state index in [-0.39, 0.29) is 29.8 Å². The van der Waals surface area contributed by atoms with Gasteiger partial charge >= 0.3 is 0 Å². The molecule has 0 radical (unpaired) electrons. The van der Waals surface area contributed by atoms with Crippen molar-refractivity contribution in [1.82, 2.24) is 9.21 Å². The van der Waals surface area contributed by atoms with Crippen LogP contribution in [0, 0.1) is 5.82 Å². The van der Waals surface area contributed by atoms with Crippen LogP contribution in [0.2, 0.25) is 0 Å². The fraction of sp³-hybridized carbons (Fsp3) is 0.312. The van der Waals surface area contributed by atoms with Crippen LogP contribution in [0.1, 0.15) is 16.1 Å². The van der Waals surface area contributed by atoms with Crippen LogP contribution in [0.3, 0.4) is 0 Å². The van der Waals surface area contributed by atoms with Crippen molar-refractivity contribution in [1.29, 1.82) is 0 Å². The first-order valence-electron chi connectivity index (χ1n) is 7.73. The molecule has 1 fully saturated rings. The molecule has 1 aromatic heterocycles. The molecule has 0 spiro atoms. The van der Waals surface area contributed by atoms with Crippen molar-refractivity contribution in [2.24, 2.45) is 5.73 Å². The predicted molar refractivity (Wildman–Crippen MR) is 87.7 cm³/mol. The topological polar surface area (TPSA) is 96.8 Å². The monoisotopic (exact) mass is 367 g/mol. The van der Waals surface area contributed by atoms with Crippen molar-refractivity contribution in [3.63, 3.8) is 0 Å². The molecule has 0 atom stereocenters. The van der Waals surface area contributed by atoms with E-state index in [4.69, 9.17) is 10.2 Å². The molecule has 1 aromatic carbocycles. The summed E-state index contributed by atoms with van der Waals surface area (Å²) < 4.78 is 44.7. The van der Waals surface area contributed by atoms with Crippen molar-refractivity contribution in [3.8, 4) is 0 Å². The van der Waals surface area contributed by atoms with Gasteiger partial charge in [-0.3, -0.25) is 9.69 Å². The number of benzene rings is 1. The van der Waals surface area contributed by atoms with Crippen LogP contribution in [0.5, 0.6) is 0 Å². The lowest BCUT2D eigenvalue weighted by Crippen LogP contribution is -2.48. The Balaban J connectivity index is 1.63. The number of hydrogen-bond donors (Lipinski definition) is 1. The first-order valence-corrected chi connectivity index (χ1v) is 9.17. The number of hydrogen-bond acceptors (Lipinski definition) is 5. The number of sulfonamides is 1. The number of amides is 1. The Hall–Kier alpha value is -2.23. The molecule has 134 valence electrons. The molecule has 1 aliphatic heterocycles. The summed E-state index contributed by atoms with van der Waals surface area (Å²) in [5.74, 6) is -1.30. The number of rotatable bonds is 5. The lowest BCUT2D eigenvalue weighted by Gasteiger charge is -2.33. The molecule has 0 aliphatic carbocycles. The van der Waals surface area contributed by atoms with E-state index in [1.165, 1.54) is 28.6 Å². The molecule has 1 amide bonds. The van der Waals surface area contributed by atoms with Gasteiger partial charge in [0, 0.05) is 32.7 Å². The van der Waals surface area contributed by atoms with Gasteiger partial charge in [0.1, 0.15) is 5.82 Å². The first kappa shape index (κ1) is 17.6. The minimum atomic E-state index is -3.81. The number of furan rings is 1. The van der Waals surface area contributed by atoms with Crippen molar-refractivity contribution in [2.75, 3.05) is 26.2 Å². The van der Waals surface area contributed by atoms with Crippen LogP contribution in [-0.4, -0.2) is 49.7 Å². The molecule has 0 unspecified atom stereocenters. The summed E-state index contributed by atoms with van der Waals surface area (Å²) in [4.78, 5) is 13.1. The van der Waals surface area contributed by atoms with Crippen LogP contribution in [-0.2, 0) is 16.6 Å². The van der Waals surface area contributed by atoms with Crippen LogP contribution in [0.15, 0.2) is 45.9 Å². The van der Waals surface area contributed by atoms with Crippen LogP contribution in [0.25, 0.3) is 0 Å². The van der Waals surface area contributed by atoms with Crippen LogP contribution < -0.4 is 5.73 Å². The zero-order valence-corrected chi connectivity index (χ0v) is 14.2. The standard InChI is InChI=1S/C16H18FN3O4S/c17-13-3-1-2-12(10-13)11-19-6-8-20(9-7-19)25(22,23)15-5-4-14(24-15)16(18)21/h1-5,10H,6-9,11H2,(H2,18,21). The fourth-order valence-electron chi connectivity index (χ4n) is 2.74. The van der Waals surface area contributed by atoms with Gasteiger partial charge in [-0.2, -0.15) is 4.31 Å². The van der Waals surface area contributed by atoms with Gasteiger partial charge < -0.3 is 10.2 Å². The van der Waals surface area contributed by atoms with Gasteiger partial charge in [0.05, 0.1) is 0 Å². The van der Waals surface area contributed by atoms with E-state index in [2.05, 4.69) is 4.90 Å². The highest BCUT2D eigenvalue weighted by molar-refractivity contribution is 7.89. The Morgan fingerprint density at radius 1 is 1.16 bits per heavy atom. The lowest BCUT2D eigenvalue weighted by atomic mass is 10.2. The number of piperazine rings is 1. The molecule has 3 rings (SSSR count). The Labute approximate surface area is 144 Å². The summed E-state index contributed by atoms with van der Waals surface area (Å²) in [6, 6.07) is 8.82. The van der Waals surface area contributed by atoms with Crippen molar-refractivity contribution < 1.29 is 22.0 Å². The second-order valence-corrected chi connectivity index (χ2v) is 7.66. The molecule has 25 heavy (non-hydrogen) atoms. The molecular formula is C16H18FN3O4S. The number of nitrogens with two attached hydrogens (primary N) is 1. The minimum absolute atomic E-state index is 0.191. The summed E-state index contributed by atoms with van der Waals surface area (Å²) in [7, 11) is -3.81. The number of primary amides is 1. The Bertz CT molecular complexity index is 873. The van der Waals surface area contributed by atoms with Gasteiger partial charge in [-0.05, 0) is 29.8 Å². The highest BCUT2D eigenvalue weighted by atomic mass is 32.2. The average Bonchev–Trinajstić information content (AvgIpc) is 3.06. The van der Waals surface area contributed by atoms with E-state index in [1.54, 1.807) is 6.07 Å². The van der Waals surface area contributed by atoms with Gasteiger partial charge in [-0.25, -0.2) is 12.8 Å². The Kier molecular flexibility index (Phi) is 4.89. The van der Waals surface area contributed by atoms with Gasteiger partial charge in [0.25, 0.3) is 15.9 Å². The molecule has 2 N–H and O–H groups in total. The second kappa shape index (κ2) is 6.95. The number of halogens is 1. The molecule has 7 nitrogen and oxygen atoms in total. The van der Waals surface area contributed by atoms with Crippen molar-refractivity contribution in [3.05, 3.63) is 53.5 Å². The first-order chi connectivity index (χ1) is 11.9. The zero-order valence-electron chi connectivity index (χ0n) is 13.4. The molecule has 1 saturated heterocycles. The normalized spacial score (nSPS) is 16.8. The zero-order chi connectivity index (χ0) is 18.0. The smallest absolute Gasteiger partial charge is 0.284 e. The van der Waals surface area contributed by atoms with Crippen molar-refractivity contribution >= 4 is 15.9 Å². The third-order valence-electron chi connectivity index (χ3n) is 4.04. The SMILES string of the molecule is NC(=O)c1ccc(S(=O)(=O)N2CCN(Cc3cccc(F)c3)CC2)o1. The van der Waals surface area contributed by atoms with E-state index in [1.807, 2.05) is 6.07 Å². The molecule has 9 heteroatoms. The quantitative estimate of drug-likeness (QED) is 0.851. The second-order valence-electron chi connectivity index (χ2n) is 5.79. The molecule has 0 bridgehead atoms. The highest BCUT2D eigenvalue weighted by Crippen LogP contribution is 2.20. The van der Waals surface area contributed by atoms with Crippen LogP contribution in [0.4, 0.5) is 4.39 Å². The molecule has 2 aromatic rings. The molecule has 1 aliphatic rings. The summed E-state index contributed by atoms with van der Waals surface area (Å²) in [5, 5.41) is -0.292. The molecule has 2 heterocycles. The summed E-state index contributed by atoms with van der Waals surface area (Å²) in [6.07, 6.45) is 0. The fourth-order valence-corrected chi connectivity index (χ4v) is 4.07. The number of carbonyl (C=O) groups is 1. The van der Waals surface area contributed by atoms with Crippen molar-refractivity contribution in [2.45, 2.75) is 11.6 Å². The third-order valence-corrected chi connectivity index (χ3v) is 5.82. The van der Waals surface area contributed by atoms with E-state index < -0.39 is 15.9 Å². The molecular weight excluding hydrogens is 349 g/mol. The number of nitrogens with zero attached hydrogens (tertiary/aromatic N) is 2. The number of carbonyl (C=O) groups excluding carboxylic acids is 1. The maximum Gasteiger partial charge on any atom is 0.284 e. The van der Waals surface area contributed by atoms with E-state index >= 15 is 0 Å². The maximum absolute atomic E-state index is 13.2. The maximum atomic E-state index is 13.2. The predicted octanol–water partition coefficient (Wildman–Crippen LogP) is 1.02. The summed E-state index contributed by atoms with van der Waals surface area (Å²) >= 11 is 0. The summed E-state index contributed by atoms with van der Waals surface area (Å²) in [6.45, 7) is 2.14. The van der Waals surface area contributed by atoms with Gasteiger partial charge in [0.15, 0.2) is 5.76 Å². The third kappa shape index (κ3) is 3.89. The van der Waals surface area contributed by atoms with Gasteiger partial charge in [-0.15, -0.1) is 0 Å². The lowest BCUT2D eigenvalue weighted by molar-refractivity contribution is 0.0968. The van der Waals surface area contributed by atoms with Gasteiger partial charge in [-0.1, -0.05) is 12.1 Å². The van der Waals surface area contributed by atoms with Gasteiger partial charge in [0.2, 0.25) is 5.09 Å². The van der Waals surface area contributed by atoms with E-state index in [0.29, 0.717) is 19.6 Å². The average molecular weight is 367 g/mol.